The zero-order valence-corrected chi connectivity index (χ0v) is 12.1. The summed E-state index contributed by atoms with van der Waals surface area (Å²) in [6, 6.07) is 0.979. The molecule has 4 nitrogen and oxygen atoms in total. The van der Waals surface area contributed by atoms with Crippen LogP contribution in [0.15, 0.2) is 0 Å². The second kappa shape index (κ2) is 7.97. The Hall–Kier alpha value is -0.320. The van der Waals surface area contributed by atoms with Gasteiger partial charge in [0.25, 0.3) is 0 Å². The van der Waals surface area contributed by atoms with E-state index in [2.05, 4.69) is 15.5 Å². The maximum atomic E-state index is 11.9. The summed E-state index contributed by atoms with van der Waals surface area (Å²) in [5.41, 5.74) is 0. The summed E-state index contributed by atoms with van der Waals surface area (Å²) in [5.74, 6) is 0.200. The summed E-state index contributed by atoms with van der Waals surface area (Å²) in [7, 11) is 2.04. The smallest absolute Gasteiger partial charge is 0.234 e. The molecule has 1 aliphatic heterocycles. The molecular formula is C13H26ClN3O. The summed E-state index contributed by atoms with van der Waals surface area (Å²) in [6.45, 7) is 2.59. The number of likely N-dealkylation sites (N-methyl/N-ethyl adjacent to an activating group) is 1. The summed E-state index contributed by atoms with van der Waals surface area (Å²) >= 11 is 0. The molecule has 2 N–H and O–H groups in total. The lowest BCUT2D eigenvalue weighted by Crippen LogP contribution is -2.57. The van der Waals surface area contributed by atoms with Crippen LogP contribution in [0, 0.1) is 0 Å². The molecule has 0 aromatic carbocycles. The number of carbonyl (C=O) groups excluding carboxylic acids is 1. The topological polar surface area (TPSA) is 44.4 Å². The van der Waals surface area contributed by atoms with Crippen molar-refractivity contribution in [2.75, 3.05) is 26.7 Å². The average Bonchev–Trinajstić information content (AvgIpc) is 2.42. The quantitative estimate of drug-likeness (QED) is 0.757. The molecule has 2 rings (SSSR count). The van der Waals surface area contributed by atoms with Crippen molar-refractivity contribution < 1.29 is 4.79 Å². The predicted molar refractivity (Wildman–Crippen MR) is 76.2 cm³/mol. The number of hydrogen-bond acceptors (Lipinski definition) is 3. The molecule has 106 valence electrons. The van der Waals surface area contributed by atoms with E-state index in [1.54, 1.807) is 0 Å². The van der Waals surface area contributed by atoms with Gasteiger partial charge in [-0.1, -0.05) is 25.7 Å². The molecule has 1 saturated carbocycles. The van der Waals surface area contributed by atoms with Gasteiger partial charge in [-0.2, -0.15) is 0 Å². The fourth-order valence-electron chi connectivity index (χ4n) is 2.64. The van der Waals surface area contributed by atoms with Gasteiger partial charge in [0.05, 0.1) is 6.54 Å². The molecule has 0 spiro atoms. The number of halogens is 1. The summed E-state index contributed by atoms with van der Waals surface area (Å²) in [6.07, 6.45) is 7.54. The third-order valence-electron chi connectivity index (χ3n) is 4.00. The normalized spacial score (nSPS) is 21.9. The first kappa shape index (κ1) is 15.7. The molecule has 0 bridgehead atoms. The van der Waals surface area contributed by atoms with Gasteiger partial charge in [-0.3, -0.25) is 9.69 Å². The van der Waals surface area contributed by atoms with Crippen LogP contribution in [0.25, 0.3) is 0 Å². The van der Waals surface area contributed by atoms with Crippen LogP contribution in [0.3, 0.4) is 0 Å². The summed E-state index contributed by atoms with van der Waals surface area (Å²) in [4.78, 5) is 14.1. The van der Waals surface area contributed by atoms with E-state index in [9.17, 15) is 4.79 Å². The van der Waals surface area contributed by atoms with E-state index in [-0.39, 0.29) is 18.3 Å². The van der Waals surface area contributed by atoms with Crippen molar-refractivity contribution in [1.29, 1.82) is 0 Å². The van der Waals surface area contributed by atoms with Crippen LogP contribution in [0.2, 0.25) is 0 Å². The van der Waals surface area contributed by atoms with E-state index in [1.807, 2.05) is 7.05 Å². The average molecular weight is 276 g/mol. The second-order valence-electron chi connectivity index (χ2n) is 5.48. The molecule has 0 unspecified atom stereocenters. The van der Waals surface area contributed by atoms with Gasteiger partial charge in [0, 0.05) is 25.2 Å². The molecule has 2 fully saturated rings. The van der Waals surface area contributed by atoms with Crippen LogP contribution in [-0.4, -0.2) is 49.6 Å². The van der Waals surface area contributed by atoms with Gasteiger partial charge in [0.2, 0.25) is 5.91 Å². The standard InChI is InChI=1S/C13H25N3O.ClH/c1-16(12-8-14-9-12)10-13(17)15-11-6-4-2-3-5-7-11;/h11-12,14H,2-10H2,1H3,(H,15,17);1H. The Morgan fingerprint density at radius 1 is 1.22 bits per heavy atom. The zero-order valence-electron chi connectivity index (χ0n) is 11.3. The molecule has 18 heavy (non-hydrogen) atoms. The van der Waals surface area contributed by atoms with Crippen LogP contribution in [0.1, 0.15) is 38.5 Å². The molecule has 1 amide bonds. The molecule has 1 aliphatic carbocycles. The molecule has 0 aromatic rings. The van der Waals surface area contributed by atoms with Crippen molar-refractivity contribution >= 4 is 18.3 Å². The third-order valence-corrected chi connectivity index (χ3v) is 4.00. The van der Waals surface area contributed by atoms with Crippen LogP contribution >= 0.6 is 12.4 Å². The van der Waals surface area contributed by atoms with E-state index < -0.39 is 0 Å². The van der Waals surface area contributed by atoms with E-state index >= 15 is 0 Å². The number of rotatable bonds is 4. The van der Waals surface area contributed by atoms with Gasteiger partial charge >= 0.3 is 0 Å². The van der Waals surface area contributed by atoms with Crippen molar-refractivity contribution in [1.82, 2.24) is 15.5 Å². The van der Waals surface area contributed by atoms with Crippen LogP contribution in [0.5, 0.6) is 0 Å². The monoisotopic (exact) mass is 275 g/mol. The van der Waals surface area contributed by atoms with E-state index in [0.717, 1.165) is 13.1 Å². The largest absolute Gasteiger partial charge is 0.352 e. The number of nitrogens with one attached hydrogen (secondary N) is 2. The molecular weight excluding hydrogens is 250 g/mol. The zero-order chi connectivity index (χ0) is 12.1. The van der Waals surface area contributed by atoms with Crippen molar-refractivity contribution in [2.24, 2.45) is 0 Å². The van der Waals surface area contributed by atoms with E-state index in [0.29, 0.717) is 18.6 Å². The van der Waals surface area contributed by atoms with E-state index in [1.165, 1.54) is 38.5 Å². The van der Waals surface area contributed by atoms with Crippen LogP contribution in [-0.2, 0) is 4.79 Å². The van der Waals surface area contributed by atoms with Crippen molar-refractivity contribution in [3.8, 4) is 0 Å². The molecule has 0 atom stereocenters. The molecule has 0 radical (unpaired) electrons. The Bertz CT molecular complexity index is 251. The number of hydrogen-bond donors (Lipinski definition) is 2. The highest BCUT2D eigenvalue weighted by Gasteiger charge is 2.23. The number of nitrogens with zero attached hydrogens (tertiary/aromatic N) is 1. The molecule has 2 aliphatic rings. The predicted octanol–water partition coefficient (Wildman–Crippen LogP) is 1.15. The third kappa shape index (κ3) is 4.75. The SMILES string of the molecule is CN(CC(=O)NC1CCCCCC1)C1CNC1.Cl. The minimum Gasteiger partial charge on any atom is -0.352 e. The first-order valence-corrected chi connectivity index (χ1v) is 6.96. The lowest BCUT2D eigenvalue weighted by molar-refractivity contribution is -0.123. The minimum atomic E-state index is 0. The summed E-state index contributed by atoms with van der Waals surface area (Å²) < 4.78 is 0. The Labute approximate surface area is 116 Å². The molecule has 1 saturated heterocycles. The first-order valence-electron chi connectivity index (χ1n) is 6.96. The lowest BCUT2D eigenvalue weighted by atomic mass is 10.1. The minimum absolute atomic E-state index is 0. The number of amides is 1. The van der Waals surface area contributed by atoms with Gasteiger partial charge in [-0.25, -0.2) is 0 Å². The Morgan fingerprint density at radius 3 is 2.33 bits per heavy atom. The Kier molecular flexibility index (Phi) is 6.97. The van der Waals surface area contributed by atoms with Crippen molar-refractivity contribution in [3.05, 3.63) is 0 Å². The molecule has 0 aromatic heterocycles. The van der Waals surface area contributed by atoms with Gasteiger partial charge in [0.1, 0.15) is 0 Å². The maximum absolute atomic E-state index is 11.9. The van der Waals surface area contributed by atoms with Gasteiger partial charge in [0.15, 0.2) is 0 Å². The Balaban J connectivity index is 0.00000162. The summed E-state index contributed by atoms with van der Waals surface area (Å²) in [5, 5.41) is 6.42. The van der Waals surface area contributed by atoms with Gasteiger partial charge in [-0.05, 0) is 19.9 Å². The fourth-order valence-corrected chi connectivity index (χ4v) is 2.64. The van der Waals surface area contributed by atoms with E-state index in [4.69, 9.17) is 0 Å². The number of carbonyl (C=O) groups is 1. The Morgan fingerprint density at radius 2 is 1.83 bits per heavy atom. The fraction of sp³-hybridized carbons (Fsp3) is 0.923. The van der Waals surface area contributed by atoms with Gasteiger partial charge < -0.3 is 10.6 Å². The van der Waals surface area contributed by atoms with Crippen molar-refractivity contribution in [3.63, 3.8) is 0 Å². The molecule has 1 heterocycles. The maximum Gasteiger partial charge on any atom is 0.234 e. The highest BCUT2D eigenvalue weighted by molar-refractivity contribution is 5.85. The first-order chi connectivity index (χ1) is 8.25. The van der Waals surface area contributed by atoms with Crippen LogP contribution in [0.4, 0.5) is 0 Å². The second-order valence-corrected chi connectivity index (χ2v) is 5.48. The highest BCUT2D eigenvalue weighted by atomic mass is 35.5. The van der Waals surface area contributed by atoms with Gasteiger partial charge in [-0.15, -0.1) is 12.4 Å². The molecule has 5 heteroatoms. The highest BCUT2D eigenvalue weighted by Crippen LogP contribution is 2.17. The van der Waals surface area contributed by atoms with Crippen molar-refractivity contribution in [2.45, 2.75) is 50.6 Å². The van der Waals surface area contributed by atoms with Crippen LogP contribution < -0.4 is 10.6 Å². The lowest BCUT2D eigenvalue weighted by Gasteiger charge is -2.35.